The fourth-order valence-electron chi connectivity index (χ4n) is 2.44. The van der Waals surface area contributed by atoms with Crippen LogP contribution in [0.4, 0.5) is 17.6 Å². The Morgan fingerprint density at radius 3 is 2.45 bits per heavy atom. The lowest BCUT2D eigenvalue weighted by Crippen LogP contribution is -2.46. The normalized spacial score (nSPS) is 19.0. The third kappa shape index (κ3) is 3.83. The van der Waals surface area contributed by atoms with Crippen molar-refractivity contribution < 1.29 is 22.7 Å². The molecule has 1 fully saturated rings. The average Bonchev–Trinajstić information content (AvgIpc) is 2.36. The van der Waals surface area contributed by atoms with Gasteiger partial charge in [0.2, 0.25) is 0 Å². The van der Waals surface area contributed by atoms with Gasteiger partial charge < -0.3 is 10.4 Å². The zero-order chi connectivity index (χ0) is 14.8. The Morgan fingerprint density at radius 1 is 1.25 bits per heavy atom. The van der Waals surface area contributed by atoms with Crippen molar-refractivity contribution in [1.82, 2.24) is 10.2 Å². The van der Waals surface area contributed by atoms with E-state index in [-0.39, 0.29) is 11.3 Å². The van der Waals surface area contributed by atoms with Crippen LogP contribution in [0.25, 0.3) is 0 Å². The molecule has 1 aliphatic heterocycles. The first-order valence-electron chi connectivity index (χ1n) is 6.37. The predicted octanol–water partition coefficient (Wildman–Crippen LogP) is 2.43. The molecule has 20 heavy (non-hydrogen) atoms. The molecule has 2 N–H and O–H groups in total. The Hall–Kier alpha value is -1.34. The van der Waals surface area contributed by atoms with Gasteiger partial charge in [-0.1, -0.05) is 6.07 Å². The molecule has 1 aromatic rings. The maximum absolute atomic E-state index is 13.9. The first-order valence-corrected chi connectivity index (χ1v) is 6.37. The highest BCUT2D eigenvalue weighted by Gasteiger charge is 2.37. The minimum absolute atomic E-state index is 0.0259. The van der Waals surface area contributed by atoms with Crippen molar-refractivity contribution in [1.29, 1.82) is 0 Å². The van der Waals surface area contributed by atoms with E-state index in [9.17, 15) is 22.7 Å². The molecule has 2 rings (SSSR count). The Bertz CT molecular complexity index is 458. The van der Waals surface area contributed by atoms with Gasteiger partial charge in [-0.2, -0.15) is 13.2 Å². The van der Waals surface area contributed by atoms with Crippen LogP contribution in [-0.4, -0.2) is 42.4 Å². The molecule has 1 atom stereocenters. The second kappa shape index (κ2) is 5.97. The highest BCUT2D eigenvalue weighted by Crippen LogP contribution is 2.35. The van der Waals surface area contributed by atoms with Gasteiger partial charge >= 0.3 is 6.18 Å². The third-order valence-corrected chi connectivity index (χ3v) is 3.36. The van der Waals surface area contributed by atoms with E-state index in [2.05, 4.69) is 5.32 Å². The second-order valence-electron chi connectivity index (χ2n) is 4.83. The molecule has 1 aliphatic rings. The maximum Gasteiger partial charge on any atom is 0.390 e. The third-order valence-electron chi connectivity index (χ3n) is 3.36. The van der Waals surface area contributed by atoms with E-state index in [0.717, 1.165) is 6.07 Å². The van der Waals surface area contributed by atoms with Crippen LogP contribution in [0.15, 0.2) is 18.2 Å². The Morgan fingerprint density at radius 2 is 1.90 bits per heavy atom. The minimum Gasteiger partial charge on any atom is -0.508 e. The van der Waals surface area contributed by atoms with Crippen LogP contribution in [-0.2, 0) is 0 Å². The van der Waals surface area contributed by atoms with Crippen molar-refractivity contribution in [2.24, 2.45) is 0 Å². The summed E-state index contributed by atoms with van der Waals surface area (Å²) >= 11 is 0. The first kappa shape index (κ1) is 15.1. The van der Waals surface area contributed by atoms with E-state index in [0.29, 0.717) is 26.2 Å². The molecular weight excluding hydrogens is 276 g/mol. The summed E-state index contributed by atoms with van der Waals surface area (Å²) in [7, 11) is 0. The van der Waals surface area contributed by atoms with Crippen LogP contribution < -0.4 is 5.32 Å². The lowest BCUT2D eigenvalue weighted by atomic mass is 10.00. The summed E-state index contributed by atoms with van der Waals surface area (Å²) in [6, 6.07) is 2.23. The van der Waals surface area contributed by atoms with Crippen molar-refractivity contribution in [3.05, 3.63) is 29.6 Å². The number of nitrogens with zero attached hydrogens (tertiary/aromatic N) is 1. The standard InChI is InChI=1S/C13H16F4N2O/c14-11-7-9(20)1-2-10(11)12(8-13(15,16)17)19-5-3-18-4-6-19/h1-2,7,12,18,20H,3-6,8H2/t12-/m0/s1. The summed E-state index contributed by atoms with van der Waals surface area (Å²) in [6.07, 6.45) is -5.48. The number of alkyl halides is 3. The number of benzene rings is 1. The molecule has 1 aromatic carbocycles. The fraction of sp³-hybridized carbons (Fsp3) is 0.538. The summed E-state index contributed by atoms with van der Waals surface area (Å²) in [5.74, 6) is -1.10. The Kier molecular flexibility index (Phi) is 4.49. The molecule has 0 radical (unpaired) electrons. The van der Waals surface area contributed by atoms with Crippen LogP contribution in [0.3, 0.4) is 0 Å². The Labute approximate surface area is 114 Å². The van der Waals surface area contributed by atoms with E-state index >= 15 is 0 Å². The molecule has 0 aliphatic carbocycles. The number of rotatable bonds is 3. The number of halogens is 4. The first-order chi connectivity index (χ1) is 9.37. The molecule has 1 saturated heterocycles. The lowest BCUT2D eigenvalue weighted by molar-refractivity contribution is -0.149. The second-order valence-corrected chi connectivity index (χ2v) is 4.83. The molecule has 0 unspecified atom stereocenters. The number of phenolic OH excluding ortho intramolecular Hbond substituents is 1. The molecule has 7 heteroatoms. The number of hydrogen-bond acceptors (Lipinski definition) is 3. The van der Waals surface area contributed by atoms with Gasteiger partial charge in [0, 0.05) is 43.9 Å². The van der Waals surface area contributed by atoms with E-state index < -0.39 is 24.5 Å². The largest absolute Gasteiger partial charge is 0.508 e. The fourth-order valence-corrected chi connectivity index (χ4v) is 2.44. The van der Waals surface area contributed by atoms with Crippen LogP contribution in [0.5, 0.6) is 5.75 Å². The molecule has 0 amide bonds. The van der Waals surface area contributed by atoms with E-state index in [1.54, 1.807) is 4.90 Å². The van der Waals surface area contributed by atoms with Gasteiger partial charge in [0.15, 0.2) is 0 Å². The van der Waals surface area contributed by atoms with Crippen molar-refractivity contribution in [3.8, 4) is 5.75 Å². The molecule has 112 valence electrons. The van der Waals surface area contributed by atoms with E-state index in [4.69, 9.17) is 0 Å². The maximum atomic E-state index is 13.9. The highest BCUT2D eigenvalue weighted by molar-refractivity contribution is 5.30. The van der Waals surface area contributed by atoms with Crippen molar-refractivity contribution in [2.75, 3.05) is 26.2 Å². The number of nitrogens with one attached hydrogen (secondary N) is 1. The van der Waals surface area contributed by atoms with Crippen LogP contribution in [0.2, 0.25) is 0 Å². The molecule has 3 nitrogen and oxygen atoms in total. The molecular formula is C13H16F4N2O. The van der Waals surface area contributed by atoms with E-state index in [1.807, 2.05) is 0 Å². The van der Waals surface area contributed by atoms with Gasteiger partial charge in [-0.15, -0.1) is 0 Å². The topological polar surface area (TPSA) is 35.5 Å². The van der Waals surface area contributed by atoms with Crippen molar-refractivity contribution >= 4 is 0 Å². The lowest BCUT2D eigenvalue weighted by Gasteiger charge is -2.35. The molecule has 0 bridgehead atoms. The zero-order valence-electron chi connectivity index (χ0n) is 10.8. The smallest absolute Gasteiger partial charge is 0.390 e. The van der Waals surface area contributed by atoms with E-state index in [1.165, 1.54) is 12.1 Å². The average molecular weight is 292 g/mol. The van der Waals surface area contributed by atoms with Gasteiger partial charge in [0.1, 0.15) is 11.6 Å². The van der Waals surface area contributed by atoms with Gasteiger partial charge in [-0.05, 0) is 6.07 Å². The monoisotopic (exact) mass is 292 g/mol. The minimum atomic E-state index is -4.38. The van der Waals surface area contributed by atoms with Gasteiger partial charge in [-0.25, -0.2) is 4.39 Å². The summed E-state index contributed by atoms with van der Waals surface area (Å²) < 4.78 is 52.1. The molecule has 1 heterocycles. The zero-order valence-corrected chi connectivity index (χ0v) is 10.8. The van der Waals surface area contributed by atoms with Gasteiger partial charge in [0.05, 0.1) is 6.42 Å². The predicted molar refractivity (Wildman–Crippen MR) is 65.9 cm³/mol. The van der Waals surface area contributed by atoms with Crippen LogP contribution in [0, 0.1) is 5.82 Å². The highest BCUT2D eigenvalue weighted by atomic mass is 19.4. The molecule has 0 saturated carbocycles. The van der Waals surface area contributed by atoms with Gasteiger partial charge in [0.25, 0.3) is 0 Å². The van der Waals surface area contributed by atoms with Crippen LogP contribution >= 0.6 is 0 Å². The number of phenols is 1. The molecule has 0 spiro atoms. The number of aromatic hydroxyl groups is 1. The summed E-state index contributed by atoms with van der Waals surface area (Å²) in [5, 5.41) is 12.2. The van der Waals surface area contributed by atoms with Crippen LogP contribution in [0.1, 0.15) is 18.0 Å². The summed E-state index contributed by atoms with van der Waals surface area (Å²) in [5.41, 5.74) is -0.0259. The molecule has 0 aromatic heterocycles. The van der Waals surface area contributed by atoms with Crippen molar-refractivity contribution in [2.45, 2.75) is 18.6 Å². The quantitative estimate of drug-likeness (QED) is 0.840. The van der Waals surface area contributed by atoms with Gasteiger partial charge in [-0.3, -0.25) is 4.90 Å². The van der Waals surface area contributed by atoms with Crippen molar-refractivity contribution in [3.63, 3.8) is 0 Å². The SMILES string of the molecule is Oc1ccc([C@H](CC(F)(F)F)N2CCNCC2)c(F)c1. The number of piperazine rings is 1. The Balaban J connectivity index is 2.29. The number of hydrogen-bond donors (Lipinski definition) is 2. The summed E-state index contributed by atoms with van der Waals surface area (Å²) in [4.78, 5) is 1.62. The summed E-state index contributed by atoms with van der Waals surface area (Å²) in [6.45, 7) is 2.02.